The maximum Gasteiger partial charge on any atom is 0.138 e. The number of anilines is 1. The Balaban J connectivity index is 1.74. The quantitative estimate of drug-likeness (QED) is 0.747. The van der Waals surface area contributed by atoms with Crippen LogP contribution in [0.15, 0.2) is 54.9 Å². The van der Waals surface area contributed by atoms with Crippen molar-refractivity contribution >= 4 is 11.5 Å². The summed E-state index contributed by atoms with van der Waals surface area (Å²) >= 11 is 0. The number of nitrogens with zero attached hydrogens (tertiary/aromatic N) is 2. The summed E-state index contributed by atoms with van der Waals surface area (Å²) in [6.07, 6.45) is 4.70. The number of rotatable bonds is 2. The average Bonchev–Trinajstić information content (AvgIpc) is 3.05. The third-order valence-corrected chi connectivity index (χ3v) is 4.01. The Labute approximate surface area is 117 Å². The van der Waals surface area contributed by atoms with E-state index in [1.165, 1.54) is 11.1 Å². The van der Waals surface area contributed by atoms with Crippen molar-refractivity contribution in [1.82, 2.24) is 9.38 Å². The van der Waals surface area contributed by atoms with Gasteiger partial charge >= 0.3 is 0 Å². The summed E-state index contributed by atoms with van der Waals surface area (Å²) in [6, 6.07) is 14.8. The van der Waals surface area contributed by atoms with Crippen LogP contribution in [0.2, 0.25) is 0 Å². The summed E-state index contributed by atoms with van der Waals surface area (Å²) < 4.78 is 2.05. The maximum absolute atomic E-state index is 6.31. The molecule has 2 aromatic heterocycles. The number of fused-ring (bicyclic) bond motifs is 2. The van der Waals surface area contributed by atoms with Gasteiger partial charge in [-0.05, 0) is 29.7 Å². The molecule has 2 atom stereocenters. The molecule has 1 aromatic carbocycles. The minimum absolute atomic E-state index is 0.103. The number of imidazole rings is 1. The predicted octanol–water partition coefficient (Wildman–Crippen LogP) is 2.37. The Morgan fingerprint density at radius 1 is 1.15 bits per heavy atom. The Bertz CT molecular complexity index is 762. The van der Waals surface area contributed by atoms with Gasteiger partial charge in [0.05, 0.1) is 6.04 Å². The van der Waals surface area contributed by atoms with Crippen LogP contribution < -0.4 is 11.1 Å². The zero-order valence-electron chi connectivity index (χ0n) is 11.0. The Hall–Kier alpha value is -2.33. The lowest BCUT2D eigenvalue weighted by atomic mass is 10.1. The van der Waals surface area contributed by atoms with Gasteiger partial charge in [0.2, 0.25) is 0 Å². The van der Waals surface area contributed by atoms with Crippen LogP contribution in [0.4, 0.5) is 5.82 Å². The molecule has 0 saturated carbocycles. The fourth-order valence-electron chi connectivity index (χ4n) is 3.04. The summed E-state index contributed by atoms with van der Waals surface area (Å²) in [5, 5.41) is 3.57. The van der Waals surface area contributed by atoms with Crippen molar-refractivity contribution in [2.45, 2.75) is 18.5 Å². The molecule has 0 amide bonds. The number of hydrogen-bond acceptors (Lipinski definition) is 3. The SMILES string of the molecule is NC1Cc2ccccc2C1Nc1cccc2nccn12. The lowest BCUT2D eigenvalue weighted by Crippen LogP contribution is -2.30. The van der Waals surface area contributed by atoms with Crippen LogP contribution in [0.1, 0.15) is 17.2 Å². The maximum atomic E-state index is 6.31. The van der Waals surface area contributed by atoms with Crippen LogP contribution in [-0.2, 0) is 6.42 Å². The van der Waals surface area contributed by atoms with E-state index in [2.05, 4.69) is 40.6 Å². The summed E-state index contributed by atoms with van der Waals surface area (Å²) in [6.45, 7) is 0. The molecule has 3 N–H and O–H groups in total. The van der Waals surface area contributed by atoms with E-state index in [-0.39, 0.29) is 12.1 Å². The van der Waals surface area contributed by atoms with Crippen molar-refractivity contribution < 1.29 is 0 Å². The molecular formula is C16H16N4. The van der Waals surface area contributed by atoms with Crippen LogP contribution in [0.3, 0.4) is 0 Å². The van der Waals surface area contributed by atoms with Crippen molar-refractivity contribution in [1.29, 1.82) is 0 Å². The van der Waals surface area contributed by atoms with E-state index in [0.29, 0.717) is 0 Å². The highest BCUT2D eigenvalue weighted by molar-refractivity contribution is 5.52. The molecule has 0 spiro atoms. The molecule has 2 heterocycles. The van der Waals surface area contributed by atoms with E-state index in [0.717, 1.165) is 17.9 Å². The second-order valence-corrected chi connectivity index (χ2v) is 5.26. The fraction of sp³-hybridized carbons (Fsp3) is 0.188. The number of aromatic nitrogens is 2. The minimum atomic E-state index is 0.103. The van der Waals surface area contributed by atoms with Gasteiger partial charge in [-0.3, -0.25) is 4.40 Å². The largest absolute Gasteiger partial charge is 0.363 e. The molecule has 2 unspecified atom stereocenters. The number of pyridine rings is 1. The molecule has 3 aromatic rings. The predicted molar refractivity (Wildman–Crippen MR) is 79.7 cm³/mol. The normalized spacial score (nSPS) is 21.1. The van der Waals surface area contributed by atoms with Gasteiger partial charge in [0.1, 0.15) is 11.5 Å². The summed E-state index contributed by atoms with van der Waals surface area (Å²) in [4.78, 5) is 4.31. The zero-order valence-corrected chi connectivity index (χ0v) is 11.0. The summed E-state index contributed by atoms with van der Waals surface area (Å²) in [5.74, 6) is 1.03. The molecule has 20 heavy (non-hydrogen) atoms. The monoisotopic (exact) mass is 264 g/mol. The van der Waals surface area contributed by atoms with Gasteiger partial charge in [0.25, 0.3) is 0 Å². The smallest absolute Gasteiger partial charge is 0.138 e. The molecule has 100 valence electrons. The molecule has 0 bridgehead atoms. The van der Waals surface area contributed by atoms with Gasteiger partial charge in [-0.1, -0.05) is 30.3 Å². The number of nitrogens with two attached hydrogens (primary N) is 1. The lowest BCUT2D eigenvalue weighted by molar-refractivity contribution is 0.623. The first-order valence-electron chi connectivity index (χ1n) is 6.85. The first-order chi connectivity index (χ1) is 9.83. The van der Waals surface area contributed by atoms with Gasteiger partial charge in [0, 0.05) is 18.4 Å². The molecule has 4 nitrogen and oxygen atoms in total. The van der Waals surface area contributed by atoms with Crippen LogP contribution in [0.5, 0.6) is 0 Å². The van der Waals surface area contributed by atoms with Gasteiger partial charge in [-0.15, -0.1) is 0 Å². The van der Waals surface area contributed by atoms with Gasteiger partial charge in [-0.2, -0.15) is 0 Å². The van der Waals surface area contributed by atoms with E-state index in [9.17, 15) is 0 Å². The second kappa shape index (κ2) is 4.35. The zero-order chi connectivity index (χ0) is 13.5. The second-order valence-electron chi connectivity index (χ2n) is 5.26. The Morgan fingerprint density at radius 2 is 2.05 bits per heavy atom. The highest BCUT2D eigenvalue weighted by Gasteiger charge is 2.29. The van der Waals surface area contributed by atoms with Gasteiger partial charge < -0.3 is 11.1 Å². The number of benzene rings is 1. The van der Waals surface area contributed by atoms with Gasteiger partial charge in [-0.25, -0.2) is 4.98 Å². The van der Waals surface area contributed by atoms with Crippen LogP contribution in [0.25, 0.3) is 5.65 Å². The molecule has 0 radical (unpaired) electrons. The van der Waals surface area contributed by atoms with E-state index < -0.39 is 0 Å². The molecule has 1 aliphatic carbocycles. The van der Waals surface area contributed by atoms with Crippen LogP contribution in [0, 0.1) is 0 Å². The number of nitrogens with one attached hydrogen (secondary N) is 1. The van der Waals surface area contributed by atoms with Crippen molar-refractivity contribution in [3.05, 3.63) is 66.0 Å². The molecule has 0 fully saturated rings. The third kappa shape index (κ3) is 1.69. The highest BCUT2D eigenvalue weighted by Crippen LogP contribution is 2.33. The highest BCUT2D eigenvalue weighted by atomic mass is 15.1. The first kappa shape index (κ1) is 11.5. The van der Waals surface area contributed by atoms with Crippen LogP contribution in [-0.4, -0.2) is 15.4 Å². The average molecular weight is 264 g/mol. The third-order valence-electron chi connectivity index (χ3n) is 4.01. The summed E-state index contributed by atoms with van der Waals surface area (Å²) in [5.41, 5.74) is 9.89. The molecule has 0 saturated heterocycles. The lowest BCUT2D eigenvalue weighted by Gasteiger charge is -2.20. The van der Waals surface area contributed by atoms with Crippen molar-refractivity contribution in [3.63, 3.8) is 0 Å². The summed E-state index contributed by atoms with van der Waals surface area (Å²) in [7, 11) is 0. The van der Waals surface area contributed by atoms with E-state index in [1.54, 1.807) is 0 Å². The topological polar surface area (TPSA) is 55.3 Å². The fourth-order valence-corrected chi connectivity index (χ4v) is 3.04. The molecule has 4 rings (SSSR count). The van der Waals surface area contributed by atoms with E-state index in [4.69, 9.17) is 5.73 Å². The van der Waals surface area contributed by atoms with Crippen molar-refractivity contribution in [2.24, 2.45) is 5.73 Å². The molecule has 4 heteroatoms. The molecular weight excluding hydrogens is 248 g/mol. The minimum Gasteiger partial charge on any atom is -0.363 e. The number of hydrogen-bond donors (Lipinski definition) is 2. The van der Waals surface area contributed by atoms with Gasteiger partial charge in [0.15, 0.2) is 0 Å². The standard InChI is InChI=1S/C16H16N4/c17-13-10-11-4-1-2-5-12(11)16(13)19-15-7-3-6-14-18-8-9-20(14)15/h1-9,13,16,19H,10,17H2. The molecule has 1 aliphatic rings. The molecule has 0 aliphatic heterocycles. The Morgan fingerprint density at radius 3 is 3.00 bits per heavy atom. The van der Waals surface area contributed by atoms with Crippen LogP contribution >= 0.6 is 0 Å². The van der Waals surface area contributed by atoms with E-state index in [1.807, 2.05) is 28.9 Å². The van der Waals surface area contributed by atoms with Crippen molar-refractivity contribution in [2.75, 3.05) is 5.32 Å². The first-order valence-corrected chi connectivity index (χ1v) is 6.85. The Kier molecular flexibility index (Phi) is 2.50. The van der Waals surface area contributed by atoms with Crippen molar-refractivity contribution in [3.8, 4) is 0 Å². The van der Waals surface area contributed by atoms with E-state index >= 15 is 0 Å².